The standard InChI is InChI=1S/C26H39N7O12/c1-12(35)21(32-19(39)9-28-18(38)8-27)25(44)30-16(7-14-3-5-15(37)6-4-14)24(43)33-22(13(2)36)26(45)31-17(11-34)23(42)29-10-20(40)41/h3-6,12-13,16-17,21-22,34-37H,7-11,27H2,1-2H3,(H,28,38)(H,29,42)(H,30,44)(H,31,45)(H,32,39)(H,33,43)(H,40,41)/t12-,13-,16+,17+,21+,22+/m1/s1. The molecule has 13 N–H and O–H groups in total. The van der Waals surface area contributed by atoms with Gasteiger partial charge in [-0.3, -0.25) is 33.6 Å². The number of benzene rings is 1. The van der Waals surface area contributed by atoms with Gasteiger partial charge in [-0.1, -0.05) is 12.1 Å². The smallest absolute Gasteiger partial charge is 0.322 e. The number of aliphatic hydroxyl groups is 3. The van der Waals surface area contributed by atoms with E-state index in [0.717, 1.165) is 6.92 Å². The van der Waals surface area contributed by atoms with Gasteiger partial charge in [-0.15, -0.1) is 0 Å². The van der Waals surface area contributed by atoms with Crippen molar-refractivity contribution in [2.45, 2.75) is 56.6 Å². The first-order valence-corrected chi connectivity index (χ1v) is 13.5. The Bertz CT molecular complexity index is 1210. The summed E-state index contributed by atoms with van der Waals surface area (Å²) in [5, 5.41) is 61.3. The molecule has 0 aliphatic carbocycles. The monoisotopic (exact) mass is 641 g/mol. The predicted molar refractivity (Wildman–Crippen MR) is 153 cm³/mol. The van der Waals surface area contributed by atoms with Gasteiger partial charge in [0.25, 0.3) is 0 Å². The van der Waals surface area contributed by atoms with E-state index in [-0.39, 0.29) is 12.2 Å². The molecular weight excluding hydrogens is 602 g/mol. The van der Waals surface area contributed by atoms with Crippen molar-refractivity contribution in [1.29, 1.82) is 0 Å². The van der Waals surface area contributed by atoms with Crippen molar-refractivity contribution in [1.82, 2.24) is 31.9 Å². The van der Waals surface area contributed by atoms with E-state index in [9.17, 15) is 54.0 Å². The average Bonchev–Trinajstić information content (AvgIpc) is 2.98. The molecule has 0 aliphatic rings. The number of nitrogens with one attached hydrogen (secondary N) is 6. The van der Waals surface area contributed by atoms with Crippen LogP contribution in [0.3, 0.4) is 0 Å². The molecule has 0 saturated heterocycles. The Morgan fingerprint density at radius 2 is 1.24 bits per heavy atom. The first-order chi connectivity index (χ1) is 21.1. The molecular formula is C26H39N7O12. The molecule has 0 spiro atoms. The van der Waals surface area contributed by atoms with Gasteiger partial charge in [0.05, 0.1) is 31.9 Å². The van der Waals surface area contributed by atoms with Crippen molar-refractivity contribution in [3.8, 4) is 5.75 Å². The lowest BCUT2D eigenvalue weighted by atomic mass is 10.0. The third-order valence-electron chi connectivity index (χ3n) is 6.01. The van der Waals surface area contributed by atoms with E-state index in [2.05, 4.69) is 26.6 Å². The van der Waals surface area contributed by atoms with E-state index < -0.39 is 104 Å². The minimum absolute atomic E-state index is 0.0981. The van der Waals surface area contributed by atoms with Gasteiger partial charge in [-0.2, -0.15) is 0 Å². The van der Waals surface area contributed by atoms with Crippen LogP contribution in [-0.2, 0) is 40.0 Å². The first-order valence-electron chi connectivity index (χ1n) is 13.5. The van der Waals surface area contributed by atoms with E-state index >= 15 is 0 Å². The SMILES string of the molecule is C[C@@H](O)[C@H](NC(=O)CNC(=O)CN)C(=O)N[C@@H](Cc1ccc(O)cc1)C(=O)N[C@H](C(=O)N[C@@H](CO)C(=O)NCC(=O)O)[C@@H](C)O. The van der Waals surface area contributed by atoms with Crippen molar-refractivity contribution >= 4 is 41.4 Å². The number of carbonyl (C=O) groups excluding carboxylic acids is 6. The van der Waals surface area contributed by atoms with Crippen LogP contribution in [0.5, 0.6) is 5.75 Å². The molecule has 0 aliphatic heterocycles. The van der Waals surface area contributed by atoms with Crippen LogP contribution in [0.2, 0.25) is 0 Å². The average molecular weight is 642 g/mol. The summed E-state index contributed by atoms with van der Waals surface area (Å²) in [6.45, 7) is -0.435. The van der Waals surface area contributed by atoms with Gasteiger partial charge >= 0.3 is 5.97 Å². The fourth-order valence-corrected chi connectivity index (χ4v) is 3.62. The van der Waals surface area contributed by atoms with Gasteiger partial charge in [0.15, 0.2) is 0 Å². The van der Waals surface area contributed by atoms with Crippen molar-refractivity contribution in [2.75, 3.05) is 26.2 Å². The number of carboxylic acid groups (broad SMARTS) is 1. The van der Waals surface area contributed by atoms with Gasteiger partial charge in [-0.05, 0) is 31.5 Å². The molecule has 1 aromatic carbocycles. The number of amides is 6. The lowest BCUT2D eigenvalue weighted by Crippen LogP contribution is -2.62. The van der Waals surface area contributed by atoms with Crippen LogP contribution in [0.4, 0.5) is 0 Å². The molecule has 45 heavy (non-hydrogen) atoms. The molecule has 19 heteroatoms. The second kappa shape index (κ2) is 18.7. The lowest BCUT2D eigenvalue weighted by molar-refractivity contribution is -0.139. The topological polar surface area (TPSA) is 319 Å². The molecule has 0 heterocycles. The number of hydrogen-bond donors (Lipinski definition) is 12. The largest absolute Gasteiger partial charge is 0.508 e. The molecule has 19 nitrogen and oxygen atoms in total. The van der Waals surface area contributed by atoms with E-state index in [4.69, 9.17) is 10.8 Å². The molecule has 0 radical (unpaired) electrons. The van der Waals surface area contributed by atoms with Gasteiger partial charge in [0, 0.05) is 6.42 Å². The maximum absolute atomic E-state index is 13.4. The molecule has 0 bridgehead atoms. The van der Waals surface area contributed by atoms with Crippen LogP contribution in [0.15, 0.2) is 24.3 Å². The summed E-state index contributed by atoms with van der Waals surface area (Å²) in [5.74, 6) is -7.31. The van der Waals surface area contributed by atoms with Crippen molar-refractivity contribution in [3.63, 3.8) is 0 Å². The zero-order chi connectivity index (χ0) is 34.3. The molecule has 0 saturated carbocycles. The van der Waals surface area contributed by atoms with Crippen LogP contribution in [-0.4, -0.2) is 130 Å². The Labute approximate surface area is 256 Å². The quantitative estimate of drug-likeness (QED) is 0.0711. The van der Waals surface area contributed by atoms with E-state index in [0.29, 0.717) is 5.56 Å². The minimum Gasteiger partial charge on any atom is -0.508 e. The molecule has 0 aromatic heterocycles. The Morgan fingerprint density at radius 1 is 0.711 bits per heavy atom. The van der Waals surface area contributed by atoms with Crippen LogP contribution in [0.1, 0.15) is 19.4 Å². The van der Waals surface area contributed by atoms with Gasteiger partial charge in [0.2, 0.25) is 35.4 Å². The second-order valence-corrected chi connectivity index (χ2v) is 9.78. The zero-order valence-electron chi connectivity index (χ0n) is 24.5. The van der Waals surface area contributed by atoms with Crippen LogP contribution in [0, 0.1) is 0 Å². The number of nitrogens with two attached hydrogens (primary N) is 1. The Morgan fingerprint density at radius 3 is 1.73 bits per heavy atom. The van der Waals surface area contributed by atoms with Gasteiger partial charge in [-0.25, -0.2) is 0 Å². The number of aliphatic carboxylic acids is 1. The highest BCUT2D eigenvalue weighted by atomic mass is 16.4. The summed E-state index contributed by atoms with van der Waals surface area (Å²) in [6, 6.07) is -1.07. The lowest BCUT2D eigenvalue weighted by Gasteiger charge is -2.28. The van der Waals surface area contributed by atoms with Crippen LogP contribution < -0.4 is 37.6 Å². The molecule has 1 aromatic rings. The van der Waals surface area contributed by atoms with Gasteiger partial charge < -0.3 is 63.2 Å². The zero-order valence-corrected chi connectivity index (χ0v) is 24.5. The number of carboxylic acids is 1. The third-order valence-corrected chi connectivity index (χ3v) is 6.01. The fourth-order valence-electron chi connectivity index (χ4n) is 3.62. The molecule has 0 unspecified atom stereocenters. The number of aliphatic hydroxyl groups excluding tert-OH is 3. The van der Waals surface area contributed by atoms with Crippen molar-refractivity contribution < 1.29 is 59.1 Å². The molecule has 0 fully saturated rings. The number of aromatic hydroxyl groups is 1. The summed E-state index contributed by atoms with van der Waals surface area (Å²) >= 11 is 0. The van der Waals surface area contributed by atoms with Gasteiger partial charge in [0.1, 0.15) is 36.5 Å². The normalized spacial score (nSPS) is 14.7. The minimum atomic E-state index is -1.75. The van der Waals surface area contributed by atoms with Crippen LogP contribution >= 0.6 is 0 Å². The molecule has 6 atom stereocenters. The highest BCUT2D eigenvalue weighted by Crippen LogP contribution is 2.12. The second-order valence-electron chi connectivity index (χ2n) is 9.78. The summed E-state index contributed by atoms with van der Waals surface area (Å²) in [6.07, 6.45) is -3.33. The molecule has 1 rings (SSSR count). The van der Waals surface area contributed by atoms with Crippen molar-refractivity contribution in [3.05, 3.63) is 29.8 Å². The highest BCUT2D eigenvalue weighted by Gasteiger charge is 2.34. The number of phenolic OH excluding ortho intramolecular Hbond substituents is 1. The number of phenols is 1. The van der Waals surface area contributed by atoms with Crippen molar-refractivity contribution in [2.24, 2.45) is 5.73 Å². The summed E-state index contributed by atoms with van der Waals surface area (Å²) in [7, 11) is 0. The van der Waals surface area contributed by atoms with Crippen LogP contribution in [0.25, 0.3) is 0 Å². The predicted octanol–water partition coefficient (Wildman–Crippen LogP) is -6.10. The Hall–Kier alpha value is -4.85. The first kappa shape index (κ1) is 38.2. The highest BCUT2D eigenvalue weighted by molar-refractivity contribution is 5.96. The maximum atomic E-state index is 13.4. The maximum Gasteiger partial charge on any atom is 0.322 e. The number of hydrogen-bond acceptors (Lipinski definition) is 12. The van der Waals surface area contributed by atoms with E-state index in [1.54, 1.807) is 0 Å². The molecule has 250 valence electrons. The van der Waals surface area contributed by atoms with E-state index in [1.807, 2.05) is 5.32 Å². The third kappa shape index (κ3) is 13.5. The van der Waals surface area contributed by atoms with E-state index in [1.165, 1.54) is 31.2 Å². The summed E-state index contributed by atoms with van der Waals surface area (Å²) < 4.78 is 0. The molecule has 6 amide bonds. The summed E-state index contributed by atoms with van der Waals surface area (Å²) in [5.41, 5.74) is 5.57. The Kier molecular flexibility index (Phi) is 15.9. The number of carbonyl (C=O) groups is 7. The Balaban J connectivity index is 3.19. The fraction of sp³-hybridized carbons (Fsp3) is 0.500. The summed E-state index contributed by atoms with van der Waals surface area (Å²) in [4.78, 5) is 85.8. The number of rotatable bonds is 18.